The van der Waals surface area contributed by atoms with Crippen LogP contribution in [0.3, 0.4) is 0 Å². The second-order valence-electron chi connectivity index (χ2n) is 9.67. The van der Waals surface area contributed by atoms with Crippen molar-refractivity contribution >= 4 is 27.7 Å². The monoisotopic (exact) mass is 531 g/mol. The van der Waals surface area contributed by atoms with E-state index in [1.165, 1.54) is 19.1 Å². The van der Waals surface area contributed by atoms with Crippen LogP contribution in [0, 0.1) is 5.92 Å². The molecule has 1 aromatic heterocycles. The van der Waals surface area contributed by atoms with Gasteiger partial charge < -0.3 is 19.1 Å². The molecule has 0 N–H and O–H groups in total. The van der Waals surface area contributed by atoms with E-state index in [2.05, 4.69) is 70.9 Å². The largest absolute Gasteiger partial charge is 0.375 e. The van der Waals surface area contributed by atoms with Crippen LogP contribution in [0.2, 0.25) is 0 Å². The number of benzene rings is 1. The van der Waals surface area contributed by atoms with Crippen LogP contribution < -0.4 is 0 Å². The third-order valence-corrected chi connectivity index (χ3v) is 6.92. The summed E-state index contributed by atoms with van der Waals surface area (Å²) in [5.41, 5.74) is 2.32. The van der Waals surface area contributed by atoms with Crippen LogP contribution in [0.15, 0.2) is 47.1 Å². The number of nitrogens with zero attached hydrogens (tertiary/aromatic N) is 3. The summed E-state index contributed by atoms with van der Waals surface area (Å²) in [6.45, 7) is 6.09. The lowest BCUT2D eigenvalue weighted by molar-refractivity contribution is -0.145. The van der Waals surface area contributed by atoms with Crippen molar-refractivity contribution in [3.8, 4) is 0 Å². The normalized spacial score (nSPS) is 14.4. The van der Waals surface area contributed by atoms with Crippen LogP contribution in [0.4, 0.5) is 0 Å². The van der Waals surface area contributed by atoms with E-state index in [-0.39, 0.29) is 36.9 Å². The Morgan fingerprint density at radius 1 is 1.09 bits per heavy atom. The third kappa shape index (κ3) is 7.70. The van der Waals surface area contributed by atoms with Crippen molar-refractivity contribution in [3.05, 3.63) is 58.3 Å². The summed E-state index contributed by atoms with van der Waals surface area (Å²) < 4.78 is 8.35. The first kappa shape index (κ1) is 26.5. The maximum atomic E-state index is 13.7. The van der Waals surface area contributed by atoms with Crippen LogP contribution in [0.25, 0.3) is 0 Å². The highest BCUT2D eigenvalue weighted by Gasteiger charge is 2.29. The number of amides is 2. The predicted molar refractivity (Wildman–Crippen MR) is 138 cm³/mol. The van der Waals surface area contributed by atoms with E-state index in [1.807, 2.05) is 11.0 Å². The molecular formula is C27H38BrN3O3. The van der Waals surface area contributed by atoms with Crippen LogP contribution >= 0.6 is 15.9 Å². The van der Waals surface area contributed by atoms with E-state index in [9.17, 15) is 9.59 Å². The lowest BCUT2D eigenvalue weighted by atomic mass is 9.94. The van der Waals surface area contributed by atoms with Crippen LogP contribution in [0.5, 0.6) is 0 Å². The van der Waals surface area contributed by atoms with Crippen molar-refractivity contribution in [2.75, 3.05) is 26.8 Å². The van der Waals surface area contributed by atoms with E-state index >= 15 is 0 Å². The molecule has 186 valence electrons. The minimum atomic E-state index is -0.133. The van der Waals surface area contributed by atoms with Crippen molar-refractivity contribution in [2.45, 2.75) is 65.1 Å². The number of hydrogen-bond acceptors (Lipinski definition) is 3. The van der Waals surface area contributed by atoms with E-state index in [0.717, 1.165) is 42.4 Å². The highest BCUT2D eigenvalue weighted by atomic mass is 79.9. The zero-order valence-electron chi connectivity index (χ0n) is 20.7. The average Bonchev–Trinajstić information content (AvgIpc) is 3.25. The van der Waals surface area contributed by atoms with Crippen LogP contribution in [0.1, 0.15) is 57.2 Å². The van der Waals surface area contributed by atoms with Gasteiger partial charge >= 0.3 is 0 Å². The number of aromatic nitrogens is 1. The number of carbonyl (C=O) groups is 2. The van der Waals surface area contributed by atoms with Gasteiger partial charge in [-0.3, -0.25) is 9.59 Å². The second-order valence-corrected chi connectivity index (χ2v) is 10.6. The predicted octanol–water partition coefficient (Wildman–Crippen LogP) is 5.09. The Hall–Kier alpha value is -2.12. The zero-order chi connectivity index (χ0) is 24.5. The lowest BCUT2D eigenvalue weighted by Crippen LogP contribution is -2.49. The number of hydrogen-bond donors (Lipinski definition) is 0. The molecule has 0 atom stereocenters. The van der Waals surface area contributed by atoms with Gasteiger partial charge in [0.2, 0.25) is 11.8 Å². The van der Waals surface area contributed by atoms with Crippen molar-refractivity contribution in [3.63, 3.8) is 0 Å². The number of halogens is 1. The summed E-state index contributed by atoms with van der Waals surface area (Å²) in [4.78, 5) is 30.0. The summed E-state index contributed by atoms with van der Waals surface area (Å²) in [6.07, 6.45) is 7.64. The Labute approximate surface area is 212 Å². The Morgan fingerprint density at radius 3 is 2.44 bits per heavy atom. The molecule has 3 rings (SSSR count). The first-order valence-corrected chi connectivity index (χ1v) is 13.1. The fourth-order valence-corrected chi connectivity index (χ4v) is 4.95. The van der Waals surface area contributed by atoms with Crippen molar-refractivity contribution < 1.29 is 14.3 Å². The molecule has 0 spiro atoms. The zero-order valence-corrected chi connectivity index (χ0v) is 22.3. The van der Waals surface area contributed by atoms with Gasteiger partial charge in [-0.2, -0.15) is 0 Å². The second kappa shape index (κ2) is 13.1. The molecule has 7 heteroatoms. The molecule has 0 saturated heterocycles. The minimum absolute atomic E-state index is 0.000527. The molecule has 2 aromatic rings. The van der Waals surface area contributed by atoms with Crippen molar-refractivity contribution in [1.29, 1.82) is 0 Å². The fourth-order valence-electron chi connectivity index (χ4n) is 4.69. The molecule has 1 heterocycles. The Kier molecular flexibility index (Phi) is 10.2. The highest BCUT2D eigenvalue weighted by Crippen LogP contribution is 2.25. The molecule has 6 nitrogen and oxygen atoms in total. The number of ether oxygens (including phenoxy) is 1. The summed E-state index contributed by atoms with van der Waals surface area (Å²) in [5, 5.41) is 0. The highest BCUT2D eigenvalue weighted by molar-refractivity contribution is 9.10. The topological polar surface area (TPSA) is 54.8 Å². The fraction of sp³-hybridized carbons (Fsp3) is 0.556. The van der Waals surface area contributed by atoms with Gasteiger partial charge in [-0.1, -0.05) is 61.2 Å². The van der Waals surface area contributed by atoms with Gasteiger partial charge in [0.1, 0.15) is 6.61 Å². The summed E-state index contributed by atoms with van der Waals surface area (Å²) in [7, 11) is 1.52. The van der Waals surface area contributed by atoms with Gasteiger partial charge in [-0.05, 0) is 48.6 Å². The van der Waals surface area contributed by atoms with Gasteiger partial charge in [-0.25, -0.2) is 0 Å². The maximum Gasteiger partial charge on any atom is 0.249 e. The Balaban J connectivity index is 1.78. The molecule has 1 aliphatic rings. The molecule has 2 amide bonds. The molecular weight excluding hydrogens is 494 g/mol. The maximum absolute atomic E-state index is 13.7. The molecule has 1 aromatic carbocycles. The van der Waals surface area contributed by atoms with E-state index < -0.39 is 0 Å². The van der Waals surface area contributed by atoms with Gasteiger partial charge in [0.15, 0.2) is 0 Å². The van der Waals surface area contributed by atoms with Gasteiger partial charge in [0, 0.05) is 42.6 Å². The van der Waals surface area contributed by atoms with E-state index in [4.69, 9.17) is 4.74 Å². The quantitative estimate of drug-likeness (QED) is 0.405. The smallest absolute Gasteiger partial charge is 0.249 e. The standard InChI is InChI=1S/C27H38BrN3O3/c1-21(2)16-30(27(33)20-34-3)19-26(32)31(24-8-5-4-6-9-24)18-25-10-7-15-29(25)17-22-11-13-23(28)14-12-22/h7,10-15,21,24H,4-6,8-9,16-20H2,1-3H3. The molecule has 0 radical (unpaired) electrons. The first-order chi connectivity index (χ1) is 16.4. The third-order valence-electron chi connectivity index (χ3n) is 6.39. The summed E-state index contributed by atoms with van der Waals surface area (Å²) >= 11 is 3.50. The molecule has 34 heavy (non-hydrogen) atoms. The molecule has 1 saturated carbocycles. The van der Waals surface area contributed by atoms with Crippen molar-refractivity contribution in [1.82, 2.24) is 14.4 Å². The van der Waals surface area contributed by atoms with Gasteiger partial charge in [0.05, 0.1) is 13.1 Å². The molecule has 0 unspecified atom stereocenters. The van der Waals surface area contributed by atoms with Gasteiger partial charge in [-0.15, -0.1) is 0 Å². The summed E-state index contributed by atoms with van der Waals surface area (Å²) in [5.74, 6) is 0.167. The molecule has 0 aliphatic heterocycles. The number of carbonyl (C=O) groups excluding carboxylic acids is 2. The average molecular weight is 533 g/mol. The van der Waals surface area contributed by atoms with Crippen LogP contribution in [-0.2, 0) is 27.4 Å². The molecule has 0 bridgehead atoms. The Morgan fingerprint density at radius 2 is 1.79 bits per heavy atom. The van der Waals surface area contributed by atoms with Gasteiger partial charge in [0.25, 0.3) is 0 Å². The van der Waals surface area contributed by atoms with E-state index in [0.29, 0.717) is 13.1 Å². The van der Waals surface area contributed by atoms with Crippen LogP contribution in [-0.4, -0.2) is 59.0 Å². The SMILES string of the molecule is COCC(=O)N(CC(=O)N(Cc1cccn1Cc1ccc(Br)cc1)C1CCCCC1)CC(C)C. The van der Waals surface area contributed by atoms with E-state index in [1.54, 1.807) is 4.90 Å². The summed E-state index contributed by atoms with van der Waals surface area (Å²) in [6, 6.07) is 12.7. The Bertz CT molecular complexity index is 919. The van der Waals surface area contributed by atoms with Crippen molar-refractivity contribution in [2.24, 2.45) is 5.92 Å². The number of rotatable bonds is 11. The number of methoxy groups -OCH3 is 1. The lowest BCUT2D eigenvalue weighted by Gasteiger charge is -2.36. The minimum Gasteiger partial charge on any atom is -0.375 e. The molecule has 1 fully saturated rings. The first-order valence-electron chi connectivity index (χ1n) is 12.3. The molecule has 1 aliphatic carbocycles.